The van der Waals surface area contributed by atoms with Crippen LogP contribution in [0.15, 0.2) is 22.7 Å². The lowest BCUT2D eigenvalue weighted by Gasteiger charge is -2.31. The Bertz CT molecular complexity index is 517. The van der Waals surface area contributed by atoms with Crippen LogP contribution >= 0.6 is 15.9 Å². The van der Waals surface area contributed by atoms with Gasteiger partial charge in [-0.3, -0.25) is 9.69 Å². The number of carboxylic acids is 1. The third-order valence-corrected chi connectivity index (χ3v) is 3.59. The minimum atomic E-state index is -0.956. The smallest absolute Gasteiger partial charge is 0.414 e. The van der Waals surface area contributed by atoms with Gasteiger partial charge in [-0.15, -0.1) is 0 Å². The van der Waals surface area contributed by atoms with E-state index >= 15 is 0 Å². The number of carbonyl (C=O) groups excluding carboxylic acids is 1. The predicted octanol–water partition coefficient (Wildman–Crippen LogP) is 2.95. The second-order valence-corrected chi connectivity index (χ2v) is 5.35. The number of benzene rings is 1. The largest absolute Gasteiger partial charge is 0.481 e. The number of anilines is 1. The number of cyclic esters (lactones) is 1. The van der Waals surface area contributed by atoms with Crippen LogP contribution in [0, 0.1) is 6.92 Å². The molecule has 6 heteroatoms. The summed E-state index contributed by atoms with van der Waals surface area (Å²) < 4.78 is 5.96. The lowest BCUT2D eigenvalue weighted by Crippen LogP contribution is -2.42. The average Bonchev–Trinajstić information content (AvgIpc) is 2.30. The van der Waals surface area contributed by atoms with Gasteiger partial charge in [-0.25, -0.2) is 4.79 Å². The maximum Gasteiger partial charge on any atom is 0.414 e. The zero-order chi connectivity index (χ0) is 14.0. The molecule has 1 aliphatic rings. The van der Waals surface area contributed by atoms with Crippen LogP contribution in [-0.4, -0.2) is 29.8 Å². The van der Waals surface area contributed by atoms with Gasteiger partial charge in [0.05, 0.1) is 12.1 Å². The van der Waals surface area contributed by atoms with Gasteiger partial charge < -0.3 is 9.84 Å². The number of hydrogen-bond donors (Lipinski definition) is 1. The molecule has 0 saturated carbocycles. The van der Waals surface area contributed by atoms with E-state index in [9.17, 15) is 9.59 Å². The lowest BCUT2D eigenvalue weighted by molar-refractivity contribution is -0.139. The Kier molecular flexibility index (Phi) is 4.09. The summed E-state index contributed by atoms with van der Waals surface area (Å²) in [5.74, 6) is -0.956. The van der Waals surface area contributed by atoms with Gasteiger partial charge in [-0.1, -0.05) is 6.07 Å². The summed E-state index contributed by atoms with van der Waals surface area (Å²) in [5.41, 5.74) is 1.83. The van der Waals surface area contributed by atoms with E-state index in [4.69, 9.17) is 9.84 Å². The van der Waals surface area contributed by atoms with Gasteiger partial charge in [-0.2, -0.15) is 0 Å². The number of hydrogen-bond acceptors (Lipinski definition) is 3. The van der Waals surface area contributed by atoms with Crippen LogP contribution in [0.25, 0.3) is 0 Å². The van der Waals surface area contributed by atoms with Crippen LogP contribution in [-0.2, 0) is 9.53 Å². The predicted molar refractivity (Wildman–Crippen MR) is 73.4 cm³/mol. The molecule has 1 aromatic rings. The maximum atomic E-state index is 11.9. The second kappa shape index (κ2) is 5.61. The van der Waals surface area contributed by atoms with Crippen molar-refractivity contribution in [1.82, 2.24) is 0 Å². The van der Waals surface area contributed by atoms with Crippen molar-refractivity contribution in [1.29, 1.82) is 0 Å². The van der Waals surface area contributed by atoms with Crippen molar-refractivity contribution in [2.75, 3.05) is 11.4 Å². The van der Waals surface area contributed by atoms with Gasteiger partial charge in [0.1, 0.15) is 6.10 Å². The number of nitrogens with zero attached hydrogens (tertiary/aromatic N) is 1. The lowest BCUT2D eigenvalue weighted by atomic mass is 10.1. The summed E-state index contributed by atoms with van der Waals surface area (Å²) in [5, 5.41) is 8.70. The van der Waals surface area contributed by atoms with Crippen LogP contribution in [0.5, 0.6) is 0 Å². The zero-order valence-electron chi connectivity index (χ0n) is 10.4. The van der Waals surface area contributed by atoms with Crippen molar-refractivity contribution in [3.8, 4) is 0 Å². The molecule has 1 aromatic carbocycles. The maximum absolute atomic E-state index is 11.9. The van der Waals surface area contributed by atoms with Gasteiger partial charge in [-0.05, 0) is 40.5 Å². The second-order valence-electron chi connectivity index (χ2n) is 4.50. The quantitative estimate of drug-likeness (QED) is 0.926. The van der Waals surface area contributed by atoms with Gasteiger partial charge in [0.25, 0.3) is 0 Å². The number of rotatable bonds is 3. The molecule has 0 spiro atoms. The number of halogens is 1. The number of carbonyl (C=O) groups is 2. The summed E-state index contributed by atoms with van der Waals surface area (Å²) in [6.07, 6.45) is -0.667. The van der Waals surface area contributed by atoms with Gasteiger partial charge in [0, 0.05) is 17.4 Å². The van der Waals surface area contributed by atoms with Crippen LogP contribution < -0.4 is 4.90 Å². The minimum Gasteiger partial charge on any atom is -0.481 e. The van der Waals surface area contributed by atoms with E-state index in [1.165, 1.54) is 4.90 Å². The number of aliphatic carboxylic acids is 1. The molecule has 0 bridgehead atoms. The topological polar surface area (TPSA) is 66.8 Å². The summed E-state index contributed by atoms with van der Waals surface area (Å²) >= 11 is 3.42. The molecule has 1 amide bonds. The molecule has 0 radical (unpaired) electrons. The molecule has 1 N–H and O–H groups in total. The minimum absolute atomic E-state index is 0.144. The van der Waals surface area contributed by atoms with Gasteiger partial charge in [0.15, 0.2) is 0 Å². The molecule has 1 aliphatic heterocycles. The van der Waals surface area contributed by atoms with Crippen LogP contribution in [0.1, 0.15) is 18.4 Å². The molecular formula is C13H14BrNO4. The van der Waals surface area contributed by atoms with Crippen molar-refractivity contribution in [3.63, 3.8) is 0 Å². The molecular weight excluding hydrogens is 314 g/mol. The molecule has 1 atom stereocenters. The first kappa shape index (κ1) is 13.9. The molecule has 2 rings (SSSR count). The number of carboxylic acid groups (broad SMARTS) is 1. The van der Waals surface area contributed by atoms with Crippen molar-refractivity contribution in [2.24, 2.45) is 0 Å². The van der Waals surface area contributed by atoms with Crippen LogP contribution in [0.3, 0.4) is 0 Å². The van der Waals surface area contributed by atoms with E-state index in [1.807, 2.05) is 25.1 Å². The molecule has 5 nitrogen and oxygen atoms in total. The Morgan fingerprint density at radius 2 is 2.32 bits per heavy atom. The highest BCUT2D eigenvalue weighted by Crippen LogP contribution is 2.30. The highest BCUT2D eigenvalue weighted by atomic mass is 79.9. The molecule has 102 valence electrons. The highest BCUT2D eigenvalue weighted by molar-refractivity contribution is 9.10. The Morgan fingerprint density at radius 3 is 2.89 bits per heavy atom. The average molecular weight is 328 g/mol. The van der Waals surface area contributed by atoms with Gasteiger partial charge in [0.2, 0.25) is 0 Å². The normalized spacial score (nSPS) is 19.2. The van der Waals surface area contributed by atoms with Crippen molar-refractivity contribution in [2.45, 2.75) is 25.9 Å². The van der Waals surface area contributed by atoms with Gasteiger partial charge >= 0.3 is 12.1 Å². The summed E-state index contributed by atoms with van der Waals surface area (Å²) in [7, 11) is 0. The fourth-order valence-corrected chi connectivity index (χ4v) is 2.72. The summed E-state index contributed by atoms with van der Waals surface area (Å²) in [6.45, 7) is 2.42. The molecule has 0 aromatic heterocycles. The molecule has 19 heavy (non-hydrogen) atoms. The van der Waals surface area contributed by atoms with Crippen LogP contribution in [0.4, 0.5) is 10.5 Å². The highest BCUT2D eigenvalue weighted by Gasteiger charge is 2.30. The van der Waals surface area contributed by atoms with Crippen molar-refractivity contribution >= 4 is 33.7 Å². The number of amides is 1. The van der Waals surface area contributed by atoms with Crippen LogP contribution in [0.2, 0.25) is 0 Å². The van der Waals surface area contributed by atoms with E-state index in [0.717, 1.165) is 15.7 Å². The van der Waals surface area contributed by atoms with E-state index < -0.39 is 18.2 Å². The first-order valence-corrected chi connectivity index (χ1v) is 6.73. The number of aryl methyl sites for hydroxylation is 1. The standard InChI is InChI=1S/C13H14BrNO4/c1-8-2-3-11(10(14)6-8)15-5-4-9(7-12(16)17)19-13(15)18/h2-3,6,9H,4-5,7H2,1H3,(H,16,17). The zero-order valence-corrected chi connectivity index (χ0v) is 12.0. The molecule has 0 aliphatic carbocycles. The molecule has 1 saturated heterocycles. The molecule has 1 unspecified atom stereocenters. The number of ether oxygens (including phenoxy) is 1. The third kappa shape index (κ3) is 3.26. The van der Waals surface area contributed by atoms with E-state index in [2.05, 4.69) is 15.9 Å². The first-order chi connectivity index (χ1) is 8.97. The Labute approximate surface area is 119 Å². The SMILES string of the molecule is Cc1ccc(N2CCC(CC(=O)O)OC2=O)c(Br)c1. The van der Waals surface area contributed by atoms with E-state index in [-0.39, 0.29) is 6.42 Å². The van der Waals surface area contributed by atoms with Crippen molar-refractivity contribution in [3.05, 3.63) is 28.2 Å². The monoisotopic (exact) mass is 327 g/mol. The Balaban J connectivity index is 2.11. The third-order valence-electron chi connectivity index (χ3n) is 2.96. The molecule has 1 heterocycles. The fourth-order valence-electron chi connectivity index (χ4n) is 2.02. The fraction of sp³-hybridized carbons (Fsp3) is 0.385. The Morgan fingerprint density at radius 1 is 1.58 bits per heavy atom. The van der Waals surface area contributed by atoms with E-state index in [1.54, 1.807) is 0 Å². The Hall–Kier alpha value is -1.56. The van der Waals surface area contributed by atoms with E-state index in [0.29, 0.717) is 13.0 Å². The first-order valence-electron chi connectivity index (χ1n) is 5.93. The summed E-state index contributed by atoms with van der Waals surface area (Å²) in [6, 6.07) is 5.68. The summed E-state index contributed by atoms with van der Waals surface area (Å²) in [4.78, 5) is 24.0. The van der Waals surface area contributed by atoms with Crippen molar-refractivity contribution < 1.29 is 19.4 Å². The molecule has 1 fully saturated rings.